The van der Waals surface area contributed by atoms with Gasteiger partial charge in [-0.05, 0) is 35.3 Å². The van der Waals surface area contributed by atoms with Crippen molar-refractivity contribution in [2.24, 2.45) is 0 Å². The number of fused-ring (bicyclic) bond motifs is 1. The Morgan fingerprint density at radius 3 is 2.59 bits per heavy atom. The summed E-state index contributed by atoms with van der Waals surface area (Å²) in [7, 11) is 1.59. The Labute approximate surface area is 168 Å². The Balaban J connectivity index is 1.82. The Kier molecular flexibility index (Phi) is 5.59. The third-order valence-corrected chi connectivity index (χ3v) is 5.92. The Morgan fingerprint density at radius 2 is 1.93 bits per heavy atom. The van der Waals surface area contributed by atoms with E-state index >= 15 is 0 Å². The van der Waals surface area contributed by atoms with Crippen molar-refractivity contribution in [3.05, 3.63) is 64.0 Å². The number of halogens is 1. The van der Waals surface area contributed by atoms with Gasteiger partial charge >= 0.3 is 0 Å². The van der Waals surface area contributed by atoms with Crippen LogP contribution in [0.3, 0.4) is 0 Å². The van der Waals surface area contributed by atoms with Crippen molar-refractivity contribution in [1.29, 1.82) is 0 Å². The minimum absolute atomic E-state index is 0.0216. The standard InChI is InChI=1S/C22H22ClNO2S/c1-22(2,3)14-9-10-17(26-4)16(13-14)24-20(25)12-11-19-21(23)15-7-5-6-8-18(15)27-19/h5-13H,1-4H3,(H,24,25)/b12-11+. The van der Waals surface area contributed by atoms with Crippen molar-refractivity contribution in [1.82, 2.24) is 0 Å². The Morgan fingerprint density at radius 1 is 1.19 bits per heavy atom. The molecule has 0 spiro atoms. The van der Waals surface area contributed by atoms with Crippen molar-refractivity contribution in [2.45, 2.75) is 26.2 Å². The number of amides is 1. The molecule has 1 amide bonds. The molecule has 0 radical (unpaired) electrons. The molecular weight excluding hydrogens is 378 g/mol. The normalized spacial score (nSPS) is 11.9. The lowest BCUT2D eigenvalue weighted by molar-refractivity contribution is -0.111. The van der Waals surface area contributed by atoms with Crippen LogP contribution < -0.4 is 10.1 Å². The van der Waals surface area contributed by atoms with Gasteiger partial charge in [-0.2, -0.15) is 0 Å². The second-order valence-corrected chi connectivity index (χ2v) is 8.73. The lowest BCUT2D eigenvalue weighted by Crippen LogP contribution is -2.14. The number of thiophene rings is 1. The second-order valence-electron chi connectivity index (χ2n) is 7.26. The summed E-state index contributed by atoms with van der Waals surface area (Å²) in [6.07, 6.45) is 3.25. The van der Waals surface area contributed by atoms with Gasteiger partial charge in [0.25, 0.3) is 0 Å². The number of benzene rings is 2. The van der Waals surface area contributed by atoms with E-state index in [1.165, 1.54) is 6.08 Å². The van der Waals surface area contributed by atoms with E-state index in [-0.39, 0.29) is 11.3 Å². The molecule has 3 nitrogen and oxygen atoms in total. The topological polar surface area (TPSA) is 38.3 Å². The lowest BCUT2D eigenvalue weighted by atomic mass is 9.87. The molecule has 0 fully saturated rings. The SMILES string of the molecule is COc1ccc(C(C)(C)C)cc1NC(=O)/C=C/c1sc2ccccc2c1Cl. The van der Waals surface area contributed by atoms with Crippen LogP contribution >= 0.6 is 22.9 Å². The molecule has 0 saturated carbocycles. The quantitative estimate of drug-likeness (QED) is 0.507. The van der Waals surface area contributed by atoms with Crippen molar-refractivity contribution in [3.63, 3.8) is 0 Å². The van der Waals surface area contributed by atoms with Gasteiger partial charge in [0, 0.05) is 21.0 Å². The van der Waals surface area contributed by atoms with E-state index in [0.29, 0.717) is 16.5 Å². The average molecular weight is 400 g/mol. The molecule has 0 aliphatic rings. The highest BCUT2D eigenvalue weighted by molar-refractivity contribution is 7.20. The summed E-state index contributed by atoms with van der Waals surface area (Å²) in [5.41, 5.74) is 1.75. The predicted molar refractivity (Wildman–Crippen MR) is 116 cm³/mol. The first-order valence-corrected chi connectivity index (χ1v) is 9.83. The number of ether oxygens (including phenoxy) is 1. The molecule has 0 aliphatic carbocycles. The number of nitrogens with one attached hydrogen (secondary N) is 1. The molecule has 0 atom stereocenters. The first kappa shape index (κ1) is 19.5. The van der Waals surface area contributed by atoms with Crippen LogP contribution in [0.4, 0.5) is 5.69 Å². The van der Waals surface area contributed by atoms with Crippen LogP contribution in [0.2, 0.25) is 5.02 Å². The van der Waals surface area contributed by atoms with Crippen LogP contribution in [0.25, 0.3) is 16.2 Å². The van der Waals surface area contributed by atoms with E-state index in [2.05, 4.69) is 26.1 Å². The highest BCUT2D eigenvalue weighted by Gasteiger charge is 2.16. The summed E-state index contributed by atoms with van der Waals surface area (Å²) in [5.74, 6) is 0.400. The van der Waals surface area contributed by atoms with Crippen molar-refractivity contribution in [2.75, 3.05) is 12.4 Å². The van der Waals surface area contributed by atoms with Gasteiger partial charge in [-0.3, -0.25) is 4.79 Å². The van der Waals surface area contributed by atoms with E-state index in [0.717, 1.165) is 20.5 Å². The minimum Gasteiger partial charge on any atom is -0.495 e. The Hall–Kier alpha value is -2.30. The largest absolute Gasteiger partial charge is 0.495 e. The number of hydrogen-bond donors (Lipinski definition) is 1. The first-order valence-electron chi connectivity index (χ1n) is 8.64. The van der Waals surface area contributed by atoms with Crippen LogP contribution in [-0.4, -0.2) is 13.0 Å². The zero-order valence-electron chi connectivity index (χ0n) is 15.8. The fraction of sp³-hybridized carbons (Fsp3) is 0.227. The summed E-state index contributed by atoms with van der Waals surface area (Å²) < 4.78 is 6.48. The molecule has 5 heteroatoms. The van der Waals surface area contributed by atoms with Crippen LogP contribution in [0.15, 0.2) is 48.5 Å². The van der Waals surface area contributed by atoms with Gasteiger partial charge in [0.2, 0.25) is 5.91 Å². The fourth-order valence-corrected chi connectivity index (χ4v) is 4.14. The molecule has 140 valence electrons. The van der Waals surface area contributed by atoms with Crippen molar-refractivity contribution >= 4 is 50.7 Å². The Bertz CT molecular complexity index is 1010. The van der Waals surface area contributed by atoms with Crippen LogP contribution in [0, 0.1) is 0 Å². The van der Waals surface area contributed by atoms with E-state index in [9.17, 15) is 4.79 Å². The minimum atomic E-state index is -0.229. The maximum Gasteiger partial charge on any atom is 0.248 e. The summed E-state index contributed by atoms with van der Waals surface area (Å²) in [4.78, 5) is 13.3. The predicted octanol–water partition coefficient (Wildman–Crippen LogP) is 6.51. The molecule has 3 rings (SSSR count). The van der Waals surface area contributed by atoms with E-state index in [1.54, 1.807) is 24.5 Å². The zero-order chi connectivity index (χ0) is 19.6. The fourth-order valence-electron chi connectivity index (χ4n) is 2.74. The first-order chi connectivity index (χ1) is 12.8. The summed E-state index contributed by atoms with van der Waals surface area (Å²) in [5, 5.41) is 4.58. The summed E-state index contributed by atoms with van der Waals surface area (Å²) >= 11 is 7.99. The molecule has 1 aromatic heterocycles. The van der Waals surface area contributed by atoms with Gasteiger partial charge in [-0.25, -0.2) is 0 Å². The van der Waals surface area contributed by atoms with E-state index < -0.39 is 0 Å². The monoisotopic (exact) mass is 399 g/mol. The van der Waals surface area contributed by atoms with Crippen molar-refractivity contribution < 1.29 is 9.53 Å². The number of carbonyl (C=O) groups is 1. The van der Waals surface area contributed by atoms with Gasteiger partial charge in [0.1, 0.15) is 5.75 Å². The van der Waals surface area contributed by atoms with Crippen LogP contribution in [-0.2, 0) is 10.2 Å². The third kappa shape index (κ3) is 4.34. The number of anilines is 1. The number of carbonyl (C=O) groups excluding carboxylic acids is 1. The molecule has 27 heavy (non-hydrogen) atoms. The van der Waals surface area contributed by atoms with Gasteiger partial charge in [-0.1, -0.05) is 56.6 Å². The van der Waals surface area contributed by atoms with E-state index in [4.69, 9.17) is 16.3 Å². The smallest absolute Gasteiger partial charge is 0.248 e. The van der Waals surface area contributed by atoms with Gasteiger partial charge in [0.15, 0.2) is 0 Å². The molecule has 0 bridgehead atoms. The van der Waals surface area contributed by atoms with Crippen LogP contribution in [0.5, 0.6) is 5.75 Å². The molecule has 0 aliphatic heterocycles. The molecule has 2 aromatic carbocycles. The molecule has 1 heterocycles. The highest BCUT2D eigenvalue weighted by atomic mass is 35.5. The van der Waals surface area contributed by atoms with E-state index in [1.807, 2.05) is 42.5 Å². The second kappa shape index (κ2) is 7.75. The maximum atomic E-state index is 12.4. The maximum absolute atomic E-state index is 12.4. The zero-order valence-corrected chi connectivity index (χ0v) is 17.4. The highest BCUT2D eigenvalue weighted by Crippen LogP contribution is 2.36. The molecule has 0 unspecified atom stereocenters. The third-order valence-electron chi connectivity index (χ3n) is 4.27. The molecule has 3 aromatic rings. The molecular formula is C22H22ClNO2S. The lowest BCUT2D eigenvalue weighted by Gasteiger charge is -2.21. The van der Waals surface area contributed by atoms with Gasteiger partial charge in [-0.15, -0.1) is 11.3 Å². The number of methoxy groups -OCH3 is 1. The average Bonchev–Trinajstić information content (AvgIpc) is 2.95. The van der Waals surface area contributed by atoms with Crippen molar-refractivity contribution in [3.8, 4) is 5.75 Å². The number of rotatable bonds is 4. The molecule has 1 N–H and O–H groups in total. The summed E-state index contributed by atoms with van der Waals surface area (Å²) in [6.45, 7) is 6.39. The summed E-state index contributed by atoms with van der Waals surface area (Å²) in [6, 6.07) is 13.8. The molecule has 0 saturated heterocycles. The van der Waals surface area contributed by atoms with Gasteiger partial charge < -0.3 is 10.1 Å². The number of hydrogen-bond acceptors (Lipinski definition) is 3. The van der Waals surface area contributed by atoms with Gasteiger partial charge in [0.05, 0.1) is 17.8 Å². The van der Waals surface area contributed by atoms with Crippen LogP contribution in [0.1, 0.15) is 31.2 Å².